The fourth-order valence-electron chi connectivity index (χ4n) is 2.39. The molecule has 19 heavy (non-hydrogen) atoms. The van der Waals surface area contributed by atoms with Crippen LogP contribution in [0.4, 0.5) is 0 Å². The number of hydrogen-bond acceptors (Lipinski definition) is 3. The summed E-state index contributed by atoms with van der Waals surface area (Å²) >= 11 is 0. The van der Waals surface area contributed by atoms with Gasteiger partial charge in [0, 0.05) is 13.6 Å². The first-order valence-electron chi connectivity index (χ1n) is 6.82. The fraction of sp³-hybridized carbons (Fsp3) is 0.533. The molecular weight excluding hydrogens is 242 g/mol. The van der Waals surface area contributed by atoms with Crippen LogP contribution in [0.5, 0.6) is 11.5 Å². The average Bonchev–Trinajstić information content (AvgIpc) is 3.21. The number of amides is 1. The van der Waals surface area contributed by atoms with Crippen molar-refractivity contribution in [3.8, 4) is 11.5 Å². The van der Waals surface area contributed by atoms with Gasteiger partial charge in [-0.2, -0.15) is 0 Å². The minimum Gasteiger partial charge on any atom is -0.482 e. The van der Waals surface area contributed by atoms with E-state index in [-0.39, 0.29) is 12.0 Å². The largest absolute Gasteiger partial charge is 0.482 e. The molecule has 1 fully saturated rings. The third-order valence-electron chi connectivity index (χ3n) is 3.69. The van der Waals surface area contributed by atoms with Crippen LogP contribution in [0.3, 0.4) is 0 Å². The Morgan fingerprint density at radius 2 is 1.89 bits per heavy atom. The van der Waals surface area contributed by atoms with Crippen LogP contribution in [0.25, 0.3) is 0 Å². The number of para-hydroxylation sites is 2. The van der Waals surface area contributed by atoms with Crippen molar-refractivity contribution < 1.29 is 14.3 Å². The Morgan fingerprint density at radius 3 is 2.53 bits per heavy atom. The van der Waals surface area contributed by atoms with Crippen LogP contribution in [-0.2, 0) is 4.79 Å². The summed E-state index contributed by atoms with van der Waals surface area (Å²) in [4.78, 5) is 14.2. The normalized spacial score (nSPS) is 24.9. The summed E-state index contributed by atoms with van der Waals surface area (Å²) in [5, 5.41) is 0. The van der Waals surface area contributed by atoms with E-state index in [0.29, 0.717) is 17.4 Å². The Morgan fingerprint density at radius 1 is 1.26 bits per heavy atom. The van der Waals surface area contributed by atoms with Gasteiger partial charge in [-0.3, -0.25) is 4.79 Å². The molecule has 4 heteroatoms. The molecule has 0 N–H and O–H groups in total. The first-order chi connectivity index (χ1) is 9.15. The summed E-state index contributed by atoms with van der Waals surface area (Å²) in [5.74, 6) is 2.05. The summed E-state index contributed by atoms with van der Waals surface area (Å²) < 4.78 is 11.6. The molecule has 1 aliphatic carbocycles. The number of hydrogen-bond donors (Lipinski definition) is 0. The first kappa shape index (κ1) is 12.3. The average molecular weight is 261 g/mol. The minimum absolute atomic E-state index is 0.00824. The standard InChI is InChI=1S/C15H19NO3/c1-10-14(15(17)16(2)9-11-7-8-11)19-13-6-4-3-5-12(13)18-10/h3-6,10-11,14H,7-9H2,1-2H3. The molecule has 0 radical (unpaired) electrons. The van der Waals surface area contributed by atoms with Crippen molar-refractivity contribution in [2.24, 2.45) is 5.92 Å². The highest BCUT2D eigenvalue weighted by molar-refractivity contribution is 5.82. The van der Waals surface area contributed by atoms with E-state index in [1.54, 1.807) is 4.90 Å². The van der Waals surface area contributed by atoms with Gasteiger partial charge >= 0.3 is 0 Å². The maximum atomic E-state index is 12.4. The van der Waals surface area contributed by atoms with E-state index in [9.17, 15) is 4.79 Å². The van der Waals surface area contributed by atoms with Crippen LogP contribution in [0, 0.1) is 5.92 Å². The number of benzene rings is 1. The van der Waals surface area contributed by atoms with E-state index in [1.165, 1.54) is 12.8 Å². The second kappa shape index (κ2) is 4.76. The number of carbonyl (C=O) groups excluding carboxylic acids is 1. The van der Waals surface area contributed by atoms with Gasteiger partial charge in [-0.05, 0) is 37.8 Å². The zero-order valence-electron chi connectivity index (χ0n) is 11.3. The molecule has 3 rings (SSSR count). The molecule has 1 aromatic rings. The SMILES string of the molecule is CC1Oc2ccccc2OC1C(=O)N(C)CC1CC1. The summed E-state index contributed by atoms with van der Waals surface area (Å²) in [6.07, 6.45) is 1.67. The molecule has 1 heterocycles. The molecule has 2 unspecified atom stereocenters. The van der Waals surface area contributed by atoms with Crippen molar-refractivity contribution >= 4 is 5.91 Å². The van der Waals surface area contributed by atoms with Crippen molar-refractivity contribution in [3.05, 3.63) is 24.3 Å². The Labute approximate surface area is 113 Å². The van der Waals surface area contributed by atoms with Gasteiger partial charge in [-0.15, -0.1) is 0 Å². The number of carbonyl (C=O) groups is 1. The number of ether oxygens (including phenoxy) is 2. The Balaban J connectivity index is 1.72. The molecule has 2 atom stereocenters. The minimum atomic E-state index is -0.543. The predicted octanol–water partition coefficient (Wildman–Crippen LogP) is 2.08. The van der Waals surface area contributed by atoms with Gasteiger partial charge < -0.3 is 14.4 Å². The van der Waals surface area contributed by atoms with E-state index >= 15 is 0 Å². The first-order valence-corrected chi connectivity index (χ1v) is 6.82. The lowest BCUT2D eigenvalue weighted by Gasteiger charge is -2.33. The van der Waals surface area contributed by atoms with Crippen molar-refractivity contribution in [2.75, 3.05) is 13.6 Å². The molecule has 0 bridgehead atoms. The van der Waals surface area contributed by atoms with Crippen molar-refractivity contribution in [1.82, 2.24) is 4.90 Å². The van der Waals surface area contributed by atoms with Crippen molar-refractivity contribution in [2.45, 2.75) is 32.0 Å². The maximum absolute atomic E-state index is 12.4. The van der Waals surface area contributed by atoms with Gasteiger partial charge in [0.15, 0.2) is 11.5 Å². The smallest absolute Gasteiger partial charge is 0.267 e. The molecule has 0 spiro atoms. The van der Waals surface area contributed by atoms with E-state index < -0.39 is 6.10 Å². The molecule has 0 aromatic heterocycles. The monoisotopic (exact) mass is 261 g/mol. The Hall–Kier alpha value is -1.71. The predicted molar refractivity (Wildman–Crippen MR) is 71.3 cm³/mol. The Kier molecular flexibility index (Phi) is 3.09. The highest BCUT2D eigenvalue weighted by Crippen LogP contribution is 2.34. The van der Waals surface area contributed by atoms with Gasteiger partial charge in [0.25, 0.3) is 5.91 Å². The molecule has 1 aliphatic heterocycles. The molecule has 1 saturated carbocycles. The molecule has 1 aromatic carbocycles. The molecule has 0 saturated heterocycles. The highest BCUT2D eigenvalue weighted by Gasteiger charge is 2.37. The molecular formula is C15H19NO3. The van der Waals surface area contributed by atoms with Crippen LogP contribution in [0.1, 0.15) is 19.8 Å². The highest BCUT2D eigenvalue weighted by atomic mass is 16.6. The van der Waals surface area contributed by atoms with Gasteiger partial charge in [0.1, 0.15) is 6.10 Å². The molecule has 4 nitrogen and oxygen atoms in total. The number of nitrogens with zero attached hydrogens (tertiary/aromatic N) is 1. The quantitative estimate of drug-likeness (QED) is 0.836. The zero-order valence-corrected chi connectivity index (χ0v) is 11.3. The Bertz CT molecular complexity index is 484. The molecule has 102 valence electrons. The van der Waals surface area contributed by atoms with Crippen LogP contribution in [-0.4, -0.2) is 36.6 Å². The summed E-state index contributed by atoms with van der Waals surface area (Å²) in [5.41, 5.74) is 0. The number of rotatable bonds is 3. The van der Waals surface area contributed by atoms with Crippen LogP contribution < -0.4 is 9.47 Å². The van der Waals surface area contributed by atoms with Gasteiger partial charge in [0.05, 0.1) is 0 Å². The maximum Gasteiger partial charge on any atom is 0.267 e. The molecule has 2 aliphatic rings. The summed E-state index contributed by atoms with van der Waals surface area (Å²) in [6.45, 7) is 2.70. The lowest BCUT2D eigenvalue weighted by Crippen LogP contribution is -2.49. The summed E-state index contributed by atoms with van der Waals surface area (Å²) in [6, 6.07) is 7.48. The second-order valence-corrected chi connectivity index (χ2v) is 5.47. The van der Waals surface area contributed by atoms with Gasteiger partial charge in [-0.1, -0.05) is 12.1 Å². The third kappa shape index (κ3) is 2.53. The van der Waals surface area contributed by atoms with E-state index in [2.05, 4.69) is 0 Å². The van der Waals surface area contributed by atoms with Gasteiger partial charge in [0.2, 0.25) is 6.10 Å². The summed E-state index contributed by atoms with van der Waals surface area (Å²) in [7, 11) is 1.84. The van der Waals surface area contributed by atoms with E-state index in [0.717, 1.165) is 6.54 Å². The number of likely N-dealkylation sites (N-methyl/N-ethyl adjacent to an activating group) is 1. The van der Waals surface area contributed by atoms with Crippen molar-refractivity contribution in [1.29, 1.82) is 0 Å². The van der Waals surface area contributed by atoms with E-state index in [1.807, 2.05) is 38.2 Å². The van der Waals surface area contributed by atoms with Gasteiger partial charge in [-0.25, -0.2) is 0 Å². The lowest BCUT2D eigenvalue weighted by atomic mass is 10.1. The number of fused-ring (bicyclic) bond motifs is 1. The van der Waals surface area contributed by atoms with Crippen molar-refractivity contribution in [3.63, 3.8) is 0 Å². The fourth-order valence-corrected chi connectivity index (χ4v) is 2.39. The van der Waals surface area contributed by atoms with Crippen LogP contribution in [0.2, 0.25) is 0 Å². The lowest BCUT2D eigenvalue weighted by molar-refractivity contribution is -0.143. The van der Waals surface area contributed by atoms with Crippen LogP contribution in [0.15, 0.2) is 24.3 Å². The second-order valence-electron chi connectivity index (χ2n) is 5.47. The third-order valence-corrected chi connectivity index (χ3v) is 3.69. The van der Waals surface area contributed by atoms with Crippen LogP contribution >= 0.6 is 0 Å². The van der Waals surface area contributed by atoms with E-state index in [4.69, 9.17) is 9.47 Å². The topological polar surface area (TPSA) is 38.8 Å². The zero-order chi connectivity index (χ0) is 13.4. The molecule has 1 amide bonds.